The number of hydrogen-bond acceptors (Lipinski definition) is 5. The lowest BCUT2D eigenvalue weighted by atomic mass is 10.2. The van der Waals surface area contributed by atoms with Gasteiger partial charge >= 0.3 is 0 Å². The van der Waals surface area contributed by atoms with Gasteiger partial charge in [-0.25, -0.2) is 0 Å². The number of benzene rings is 1. The average Bonchev–Trinajstić information content (AvgIpc) is 2.93. The van der Waals surface area contributed by atoms with Crippen molar-refractivity contribution in [1.82, 2.24) is 9.59 Å². The van der Waals surface area contributed by atoms with Gasteiger partial charge in [-0.2, -0.15) is 0 Å². The number of amides is 1. The Morgan fingerprint density at radius 3 is 3.24 bits per heavy atom. The third-order valence-corrected chi connectivity index (χ3v) is 3.73. The number of carbonyl (C=O) groups is 1. The molecule has 1 fully saturated rings. The van der Waals surface area contributed by atoms with E-state index in [1.165, 1.54) is 11.5 Å². The Labute approximate surface area is 102 Å². The first-order valence-electron chi connectivity index (χ1n) is 5.44. The van der Waals surface area contributed by atoms with Crippen LogP contribution < -0.4 is 4.90 Å². The third kappa shape index (κ3) is 1.69. The molecule has 1 saturated heterocycles. The lowest BCUT2D eigenvalue weighted by molar-refractivity contribution is -0.117. The summed E-state index contributed by atoms with van der Waals surface area (Å²) in [5.74, 6) is 0.0703. The summed E-state index contributed by atoms with van der Waals surface area (Å²) >= 11 is 1.31. The average molecular weight is 249 g/mol. The predicted molar refractivity (Wildman–Crippen MR) is 65.0 cm³/mol. The maximum Gasteiger partial charge on any atom is 0.227 e. The first kappa shape index (κ1) is 10.6. The van der Waals surface area contributed by atoms with Crippen molar-refractivity contribution in [2.24, 2.45) is 0 Å². The Balaban J connectivity index is 2.04. The Kier molecular flexibility index (Phi) is 2.53. The fourth-order valence-corrected chi connectivity index (χ4v) is 2.78. The fraction of sp³-hybridized carbons (Fsp3) is 0.364. The van der Waals surface area contributed by atoms with Crippen molar-refractivity contribution in [2.75, 3.05) is 11.5 Å². The second kappa shape index (κ2) is 4.05. The minimum absolute atomic E-state index is 0.00468. The molecule has 17 heavy (non-hydrogen) atoms. The molecule has 2 heterocycles. The van der Waals surface area contributed by atoms with Crippen LogP contribution in [0.4, 0.5) is 5.69 Å². The minimum atomic E-state index is -0.0965. The first-order valence-corrected chi connectivity index (χ1v) is 6.22. The number of anilines is 1. The van der Waals surface area contributed by atoms with Crippen LogP contribution in [0.15, 0.2) is 18.2 Å². The van der Waals surface area contributed by atoms with Crippen LogP contribution in [-0.2, 0) is 4.79 Å². The monoisotopic (exact) mass is 249 g/mol. The van der Waals surface area contributed by atoms with Gasteiger partial charge < -0.3 is 10.0 Å². The summed E-state index contributed by atoms with van der Waals surface area (Å²) in [5, 5.41) is 13.2. The molecular weight excluding hydrogens is 238 g/mol. The van der Waals surface area contributed by atoms with Crippen LogP contribution in [0.5, 0.6) is 0 Å². The lowest BCUT2D eigenvalue weighted by Crippen LogP contribution is -2.35. The van der Waals surface area contributed by atoms with E-state index in [2.05, 4.69) is 9.59 Å². The van der Waals surface area contributed by atoms with E-state index in [0.717, 1.165) is 15.9 Å². The zero-order chi connectivity index (χ0) is 11.8. The number of carbonyl (C=O) groups excluding carboxylic acids is 1. The summed E-state index contributed by atoms with van der Waals surface area (Å²) in [7, 11) is 0. The van der Waals surface area contributed by atoms with E-state index < -0.39 is 0 Å². The molecular formula is C11H11N3O2S. The van der Waals surface area contributed by atoms with E-state index in [0.29, 0.717) is 12.8 Å². The Morgan fingerprint density at radius 1 is 1.53 bits per heavy atom. The van der Waals surface area contributed by atoms with Crippen molar-refractivity contribution >= 4 is 33.3 Å². The van der Waals surface area contributed by atoms with Gasteiger partial charge in [-0.3, -0.25) is 4.79 Å². The number of aliphatic hydroxyl groups excluding tert-OH is 1. The number of aliphatic hydroxyl groups is 1. The summed E-state index contributed by atoms with van der Waals surface area (Å²) in [5.41, 5.74) is 1.66. The summed E-state index contributed by atoms with van der Waals surface area (Å²) in [6.07, 6.45) is 1.22. The van der Waals surface area contributed by atoms with Crippen molar-refractivity contribution < 1.29 is 9.90 Å². The molecule has 6 heteroatoms. The summed E-state index contributed by atoms with van der Waals surface area (Å²) in [6.45, 7) is 0.00468. The first-order chi connectivity index (χ1) is 8.29. The smallest absolute Gasteiger partial charge is 0.227 e. The Hall–Kier alpha value is -1.53. The molecule has 5 nitrogen and oxygen atoms in total. The molecule has 0 saturated carbocycles. The second-order valence-electron chi connectivity index (χ2n) is 4.06. The number of nitrogens with zero attached hydrogens (tertiary/aromatic N) is 3. The largest absolute Gasteiger partial charge is 0.394 e. The highest BCUT2D eigenvalue weighted by Gasteiger charge is 2.31. The van der Waals surface area contributed by atoms with Gasteiger partial charge in [-0.05, 0) is 36.2 Å². The van der Waals surface area contributed by atoms with Crippen LogP contribution >= 0.6 is 11.5 Å². The molecule has 0 spiro atoms. The molecule has 1 aromatic heterocycles. The number of aromatic nitrogens is 2. The topological polar surface area (TPSA) is 66.3 Å². The minimum Gasteiger partial charge on any atom is -0.394 e. The molecule has 0 bridgehead atoms. The standard InChI is InChI=1S/C11H11N3O2S/c15-6-8-2-4-11(16)14(8)7-1-3-9-10(5-7)17-13-12-9/h1,3,5,8,15H,2,4,6H2/t8-/m1/s1. The molecule has 0 aliphatic carbocycles. The van der Waals surface area contributed by atoms with E-state index in [4.69, 9.17) is 0 Å². The van der Waals surface area contributed by atoms with Gasteiger partial charge in [0.25, 0.3) is 0 Å². The Bertz CT molecular complexity index is 569. The molecule has 3 rings (SSSR count). The van der Waals surface area contributed by atoms with Crippen LogP contribution in [0.1, 0.15) is 12.8 Å². The highest BCUT2D eigenvalue weighted by atomic mass is 32.1. The SMILES string of the molecule is O=C1CC[C@H](CO)N1c1ccc2nnsc2c1. The summed E-state index contributed by atoms with van der Waals surface area (Å²) < 4.78 is 4.82. The molecule has 1 aliphatic heterocycles. The molecule has 1 N–H and O–H groups in total. The third-order valence-electron chi connectivity index (χ3n) is 3.05. The molecule has 1 aliphatic rings. The van der Waals surface area contributed by atoms with E-state index >= 15 is 0 Å². The van der Waals surface area contributed by atoms with Crippen LogP contribution in [0.25, 0.3) is 10.2 Å². The van der Waals surface area contributed by atoms with E-state index in [1.807, 2.05) is 18.2 Å². The number of rotatable bonds is 2. The van der Waals surface area contributed by atoms with Crippen LogP contribution in [0.2, 0.25) is 0 Å². The molecule has 1 aromatic carbocycles. The zero-order valence-electron chi connectivity index (χ0n) is 9.04. The van der Waals surface area contributed by atoms with Crippen molar-refractivity contribution in [3.63, 3.8) is 0 Å². The molecule has 1 amide bonds. The van der Waals surface area contributed by atoms with Crippen molar-refractivity contribution in [3.8, 4) is 0 Å². The van der Waals surface area contributed by atoms with Gasteiger partial charge in [0.05, 0.1) is 17.3 Å². The maximum absolute atomic E-state index is 11.8. The summed E-state index contributed by atoms with van der Waals surface area (Å²) in [6, 6.07) is 5.52. The van der Waals surface area contributed by atoms with Crippen molar-refractivity contribution in [2.45, 2.75) is 18.9 Å². The summed E-state index contributed by atoms with van der Waals surface area (Å²) in [4.78, 5) is 13.5. The van der Waals surface area contributed by atoms with E-state index in [-0.39, 0.29) is 18.6 Å². The normalized spacial score (nSPS) is 20.4. The van der Waals surface area contributed by atoms with Crippen molar-refractivity contribution in [3.05, 3.63) is 18.2 Å². The molecule has 1 atom stereocenters. The highest BCUT2D eigenvalue weighted by molar-refractivity contribution is 7.12. The van der Waals surface area contributed by atoms with E-state index in [1.54, 1.807) is 4.90 Å². The van der Waals surface area contributed by atoms with Gasteiger partial charge in [-0.1, -0.05) is 4.49 Å². The van der Waals surface area contributed by atoms with Gasteiger partial charge in [0.1, 0.15) is 5.52 Å². The molecule has 2 aromatic rings. The van der Waals surface area contributed by atoms with Crippen LogP contribution in [0, 0.1) is 0 Å². The lowest BCUT2D eigenvalue weighted by Gasteiger charge is -2.23. The van der Waals surface area contributed by atoms with Gasteiger partial charge in [0, 0.05) is 12.1 Å². The second-order valence-corrected chi connectivity index (χ2v) is 4.85. The van der Waals surface area contributed by atoms with Gasteiger partial charge in [0.15, 0.2) is 0 Å². The zero-order valence-corrected chi connectivity index (χ0v) is 9.85. The van der Waals surface area contributed by atoms with Crippen molar-refractivity contribution in [1.29, 1.82) is 0 Å². The molecule has 0 unspecified atom stereocenters. The van der Waals surface area contributed by atoms with E-state index in [9.17, 15) is 9.90 Å². The van der Waals surface area contributed by atoms with Crippen LogP contribution in [0.3, 0.4) is 0 Å². The quantitative estimate of drug-likeness (QED) is 0.868. The maximum atomic E-state index is 11.8. The van der Waals surface area contributed by atoms with Gasteiger partial charge in [0.2, 0.25) is 5.91 Å². The fourth-order valence-electron chi connectivity index (χ4n) is 2.19. The van der Waals surface area contributed by atoms with Crippen LogP contribution in [-0.4, -0.2) is 33.2 Å². The predicted octanol–water partition coefficient (Wildman–Crippen LogP) is 1.18. The number of hydrogen-bond donors (Lipinski definition) is 1. The number of fused-ring (bicyclic) bond motifs is 1. The van der Waals surface area contributed by atoms with Gasteiger partial charge in [-0.15, -0.1) is 5.10 Å². The highest BCUT2D eigenvalue weighted by Crippen LogP contribution is 2.29. The molecule has 88 valence electrons. The Morgan fingerprint density at radius 2 is 2.41 bits per heavy atom. The molecule has 0 radical (unpaired) electrons.